The summed E-state index contributed by atoms with van der Waals surface area (Å²) in [6.45, 7) is 1.88. The van der Waals surface area contributed by atoms with Crippen molar-refractivity contribution in [3.63, 3.8) is 0 Å². The molecule has 1 saturated heterocycles. The highest BCUT2D eigenvalue weighted by Crippen LogP contribution is 2.29. The van der Waals surface area contributed by atoms with Gasteiger partial charge in [0.05, 0.1) is 26.3 Å². The normalized spacial score (nSPS) is 14.8. The number of likely N-dealkylation sites (tertiary alicyclic amines) is 1. The van der Waals surface area contributed by atoms with E-state index in [1.54, 1.807) is 14.2 Å². The number of hydrogen-bond acceptors (Lipinski definition) is 4. The Morgan fingerprint density at radius 2 is 1.73 bits per heavy atom. The van der Waals surface area contributed by atoms with Crippen molar-refractivity contribution in [1.82, 2.24) is 15.2 Å². The Bertz CT molecular complexity index is 706. The minimum Gasteiger partial charge on any atom is -0.496 e. The van der Waals surface area contributed by atoms with Gasteiger partial charge in [0.25, 0.3) is 0 Å². The van der Waals surface area contributed by atoms with E-state index in [9.17, 15) is 4.79 Å². The van der Waals surface area contributed by atoms with Crippen LogP contribution in [-0.2, 0) is 6.54 Å². The molecule has 2 heterocycles. The maximum absolute atomic E-state index is 12.5. The molecule has 26 heavy (non-hydrogen) atoms. The molecule has 2 aromatic rings. The van der Waals surface area contributed by atoms with Gasteiger partial charge in [-0.05, 0) is 48.6 Å². The molecule has 0 spiro atoms. The molecule has 138 valence electrons. The van der Waals surface area contributed by atoms with E-state index in [2.05, 4.69) is 22.4 Å². The number of hydrogen-bond donors (Lipinski definition) is 1. The number of carbonyl (C=O) groups excluding carboxylic acids is 1. The first-order valence-corrected chi connectivity index (χ1v) is 8.85. The van der Waals surface area contributed by atoms with Crippen LogP contribution in [0.3, 0.4) is 0 Å². The second kappa shape index (κ2) is 8.56. The lowest BCUT2D eigenvalue weighted by Gasteiger charge is -2.32. The van der Waals surface area contributed by atoms with Gasteiger partial charge in [-0.1, -0.05) is 6.07 Å². The van der Waals surface area contributed by atoms with E-state index in [-0.39, 0.29) is 6.03 Å². The number of carbonyl (C=O) groups is 1. The third-order valence-electron chi connectivity index (χ3n) is 4.91. The molecule has 1 aromatic carbocycles. The third-order valence-corrected chi connectivity index (χ3v) is 4.91. The Hall–Kier alpha value is -2.76. The first-order chi connectivity index (χ1) is 12.7. The van der Waals surface area contributed by atoms with E-state index in [4.69, 9.17) is 9.47 Å². The maximum Gasteiger partial charge on any atom is 0.317 e. The molecule has 0 atom stereocenters. The molecule has 1 N–H and O–H groups in total. The van der Waals surface area contributed by atoms with Crippen molar-refractivity contribution in [2.75, 3.05) is 27.3 Å². The summed E-state index contributed by atoms with van der Waals surface area (Å²) in [6.07, 6.45) is 5.59. The number of pyridine rings is 1. The number of methoxy groups -OCH3 is 2. The zero-order chi connectivity index (χ0) is 18.4. The van der Waals surface area contributed by atoms with Crippen LogP contribution in [0.1, 0.15) is 29.9 Å². The molecule has 1 aromatic heterocycles. The maximum atomic E-state index is 12.5. The number of nitrogens with zero attached hydrogens (tertiary/aromatic N) is 2. The van der Waals surface area contributed by atoms with Crippen LogP contribution in [0.2, 0.25) is 0 Å². The average molecular weight is 355 g/mol. The summed E-state index contributed by atoms with van der Waals surface area (Å²) in [5.74, 6) is 1.92. The molecule has 0 radical (unpaired) electrons. The third kappa shape index (κ3) is 4.07. The van der Waals surface area contributed by atoms with Crippen molar-refractivity contribution < 1.29 is 14.3 Å². The van der Waals surface area contributed by atoms with Crippen molar-refractivity contribution in [2.24, 2.45) is 0 Å². The number of urea groups is 1. The van der Waals surface area contributed by atoms with E-state index in [1.807, 2.05) is 35.5 Å². The van der Waals surface area contributed by atoms with Crippen LogP contribution in [0, 0.1) is 0 Å². The Morgan fingerprint density at radius 3 is 2.31 bits per heavy atom. The second-order valence-electron chi connectivity index (χ2n) is 6.34. The van der Waals surface area contributed by atoms with Crippen molar-refractivity contribution in [1.29, 1.82) is 0 Å². The highest BCUT2D eigenvalue weighted by molar-refractivity contribution is 5.74. The lowest BCUT2D eigenvalue weighted by Crippen LogP contribution is -2.43. The van der Waals surface area contributed by atoms with Gasteiger partial charge in [0.1, 0.15) is 11.5 Å². The highest BCUT2D eigenvalue weighted by Gasteiger charge is 2.24. The minimum absolute atomic E-state index is 0.0499. The van der Waals surface area contributed by atoms with Gasteiger partial charge in [0, 0.05) is 25.5 Å². The van der Waals surface area contributed by atoms with Gasteiger partial charge >= 0.3 is 6.03 Å². The van der Waals surface area contributed by atoms with E-state index in [1.165, 1.54) is 5.56 Å². The molecule has 6 heteroatoms. The number of nitrogens with one attached hydrogen (secondary N) is 1. The molecule has 0 unspecified atom stereocenters. The number of aromatic nitrogens is 1. The largest absolute Gasteiger partial charge is 0.496 e. The SMILES string of the molecule is COc1cccc(OC)c1CNC(=O)N1CCC(c2ccncc2)CC1. The predicted molar refractivity (Wildman–Crippen MR) is 99.6 cm³/mol. The molecule has 3 rings (SSSR count). The standard InChI is InChI=1S/C20H25N3O3/c1-25-18-4-3-5-19(26-2)17(18)14-22-20(24)23-12-8-16(9-13-23)15-6-10-21-11-7-15/h3-7,10-11,16H,8-9,12-14H2,1-2H3,(H,22,24). The van der Waals surface area contributed by atoms with Crippen LogP contribution in [-0.4, -0.2) is 43.2 Å². The van der Waals surface area contributed by atoms with Crippen LogP contribution in [0.4, 0.5) is 4.79 Å². The fourth-order valence-corrected chi connectivity index (χ4v) is 3.43. The van der Waals surface area contributed by atoms with E-state index >= 15 is 0 Å². The molecule has 6 nitrogen and oxygen atoms in total. The molecule has 0 bridgehead atoms. The monoisotopic (exact) mass is 355 g/mol. The summed E-state index contributed by atoms with van der Waals surface area (Å²) < 4.78 is 10.8. The van der Waals surface area contributed by atoms with Crippen LogP contribution < -0.4 is 14.8 Å². The molecule has 1 aliphatic heterocycles. The summed E-state index contributed by atoms with van der Waals surface area (Å²) in [4.78, 5) is 18.5. The summed E-state index contributed by atoms with van der Waals surface area (Å²) in [5.41, 5.74) is 2.15. The number of ether oxygens (including phenoxy) is 2. The smallest absolute Gasteiger partial charge is 0.317 e. The first-order valence-electron chi connectivity index (χ1n) is 8.85. The van der Waals surface area contributed by atoms with Crippen molar-refractivity contribution in [3.8, 4) is 11.5 Å². The molecule has 0 saturated carbocycles. The number of benzene rings is 1. The van der Waals surface area contributed by atoms with E-state index in [0.29, 0.717) is 24.0 Å². The molecule has 2 amide bonds. The minimum atomic E-state index is -0.0499. The van der Waals surface area contributed by atoms with Gasteiger partial charge in [-0.2, -0.15) is 0 Å². The lowest BCUT2D eigenvalue weighted by atomic mass is 9.90. The number of amides is 2. The zero-order valence-corrected chi connectivity index (χ0v) is 15.3. The molecule has 1 fully saturated rings. The van der Waals surface area contributed by atoms with Gasteiger partial charge in [-0.15, -0.1) is 0 Å². The predicted octanol–water partition coefficient (Wildman–Crippen LogP) is 3.19. The molecule has 0 aliphatic carbocycles. The van der Waals surface area contributed by atoms with Crippen molar-refractivity contribution in [3.05, 3.63) is 53.9 Å². The van der Waals surface area contributed by atoms with Crippen LogP contribution in [0.5, 0.6) is 11.5 Å². The summed E-state index contributed by atoms with van der Waals surface area (Å²) in [6, 6.07) is 9.68. The number of rotatable bonds is 5. The van der Waals surface area contributed by atoms with Gasteiger partial charge in [-0.25, -0.2) is 4.79 Å². The fraction of sp³-hybridized carbons (Fsp3) is 0.400. The fourth-order valence-electron chi connectivity index (χ4n) is 3.43. The van der Waals surface area contributed by atoms with Crippen molar-refractivity contribution in [2.45, 2.75) is 25.3 Å². The zero-order valence-electron chi connectivity index (χ0n) is 15.3. The topological polar surface area (TPSA) is 63.7 Å². The Kier molecular flexibility index (Phi) is 5.94. The average Bonchev–Trinajstić information content (AvgIpc) is 2.72. The summed E-state index contributed by atoms with van der Waals surface area (Å²) in [7, 11) is 3.23. The summed E-state index contributed by atoms with van der Waals surface area (Å²) >= 11 is 0. The Labute approximate surface area is 154 Å². The highest BCUT2D eigenvalue weighted by atomic mass is 16.5. The van der Waals surface area contributed by atoms with Crippen molar-refractivity contribution >= 4 is 6.03 Å². The number of piperidine rings is 1. The second-order valence-corrected chi connectivity index (χ2v) is 6.34. The van der Waals surface area contributed by atoms with Gasteiger partial charge in [0.15, 0.2) is 0 Å². The lowest BCUT2D eigenvalue weighted by molar-refractivity contribution is 0.180. The first kappa shape index (κ1) is 18.0. The van der Waals surface area contributed by atoms with E-state index < -0.39 is 0 Å². The van der Waals surface area contributed by atoms with Gasteiger partial charge < -0.3 is 19.7 Å². The Morgan fingerprint density at radius 1 is 1.12 bits per heavy atom. The molecule has 1 aliphatic rings. The summed E-state index contributed by atoms with van der Waals surface area (Å²) in [5, 5.41) is 2.99. The quantitative estimate of drug-likeness (QED) is 0.895. The Balaban J connectivity index is 1.56. The van der Waals surface area contributed by atoms with Crippen LogP contribution in [0.25, 0.3) is 0 Å². The molecular weight excluding hydrogens is 330 g/mol. The van der Waals surface area contributed by atoms with Gasteiger partial charge in [-0.3, -0.25) is 4.98 Å². The van der Waals surface area contributed by atoms with Crippen LogP contribution in [0.15, 0.2) is 42.7 Å². The van der Waals surface area contributed by atoms with E-state index in [0.717, 1.165) is 31.5 Å². The van der Waals surface area contributed by atoms with Gasteiger partial charge in [0.2, 0.25) is 0 Å². The van der Waals surface area contributed by atoms with Crippen LogP contribution >= 0.6 is 0 Å². The molecular formula is C20H25N3O3.